The molecule has 114 valence electrons. The predicted molar refractivity (Wildman–Crippen MR) is 88.6 cm³/mol. The highest BCUT2D eigenvalue weighted by Crippen LogP contribution is 2.31. The van der Waals surface area contributed by atoms with E-state index in [1.54, 1.807) is 11.8 Å². The first-order valence-electron chi connectivity index (χ1n) is 8.22. The van der Waals surface area contributed by atoms with Crippen LogP contribution in [0.15, 0.2) is 29.2 Å². The number of hydrogen-bond acceptors (Lipinski definition) is 2. The molecular formula is C18H25NOS. The number of likely N-dealkylation sites (tertiary alicyclic amines) is 1. The number of benzene rings is 1. The van der Waals surface area contributed by atoms with Crippen molar-refractivity contribution in [2.45, 2.75) is 55.9 Å². The number of amides is 1. The van der Waals surface area contributed by atoms with Gasteiger partial charge in [0.1, 0.15) is 0 Å². The largest absolute Gasteiger partial charge is 0.339 e. The van der Waals surface area contributed by atoms with Crippen LogP contribution < -0.4 is 0 Å². The van der Waals surface area contributed by atoms with E-state index < -0.39 is 0 Å². The summed E-state index contributed by atoms with van der Waals surface area (Å²) < 4.78 is 0. The lowest BCUT2D eigenvalue weighted by atomic mass is 9.94. The molecule has 1 aliphatic heterocycles. The van der Waals surface area contributed by atoms with E-state index in [-0.39, 0.29) is 5.92 Å². The smallest absolute Gasteiger partial charge is 0.226 e. The monoisotopic (exact) mass is 303 g/mol. The fourth-order valence-corrected chi connectivity index (χ4v) is 4.47. The van der Waals surface area contributed by atoms with Crippen LogP contribution in [-0.2, 0) is 11.2 Å². The average molecular weight is 303 g/mol. The minimum absolute atomic E-state index is 0.209. The molecule has 0 aromatic heterocycles. The fraction of sp³-hybridized carbons (Fsp3) is 0.611. The normalized spacial score (nSPS) is 23.8. The Balaban J connectivity index is 1.66. The lowest BCUT2D eigenvalue weighted by molar-refractivity contribution is -0.133. The van der Waals surface area contributed by atoms with Crippen molar-refractivity contribution in [2.24, 2.45) is 5.92 Å². The van der Waals surface area contributed by atoms with Crippen molar-refractivity contribution in [1.29, 1.82) is 0 Å². The van der Waals surface area contributed by atoms with Gasteiger partial charge in [-0.15, -0.1) is 11.8 Å². The molecule has 1 aliphatic carbocycles. The van der Waals surface area contributed by atoms with Gasteiger partial charge < -0.3 is 4.90 Å². The molecule has 0 radical (unpaired) electrons. The van der Waals surface area contributed by atoms with Crippen LogP contribution in [0.5, 0.6) is 0 Å². The summed E-state index contributed by atoms with van der Waals surface area (Å²) in [6.07, 6.45) is 10.5. The van der Waals surface area contributed by atoms with Crippen molar-refractivity contribution in [2.75, 3.05) is 12.8 Å². The summed E-state index contributed by atoms with van der Waals surface area (Å²) in [5.41, 5.74) is 1.34. The first-order chi connectivity index (χ1) is 10.3. The molecule has 0 bridgehead atoms. The summed E-state index contributed by atoms with van der Waals surface area (Å²) in [6.45, 7) is 0.982. The summed E-state index contributed by atoms with van der Waals surface area (Å²) in [7, 11) is 0. The van der Waals surface area contributed by atoms with Gasteiger partial charge in [0.25, 0.3) is 0 Å². The second-order valence-electron chi connectivity index (χ2n) is 6.33. The van der Waals surface area contributed by atoms with Crippen LogP contribution >= 0.6 is 11.8 Å². The standard InChI is InChI=1S/C18H25NOS/c1-21-17-10-6-5-7-14(17)13-15-11-12-19(18(15)20)16-8-3-2-4-9-16/h5-7,10,15-16H,2-4,8-9,11-13H2,1H3. The maximum Gasteiger partial charge on any atom is 0.226 e. The molecule has 3 rings (SSSR count). The van der Waals surface area contributed by atoms with Crippen molar-refractivity contribution < 1.29 is 4.79 Å². The highest BCUT2D eigenvalue weighted by Gasteiger charge is 2.36. The van der Waals surface area contributed by atoms with Crippen molar-refractivity contribution in [1.82, 2.24) is 4.90 Å². The van der Waals surface area contributed by atoms with E-state index in [0.717, 1.165) is 19.4 Å². The van der Waals surface area contributed by atoms with Crippen LogP contribution in [-0.4, -0.2) is 29.6 Å². The van der Waals surface area contributed by atoms with Gasteiger partial charge in [-0.05, 0) is 43.6 Å². The lowest BCUT2D eigenvalue weighted by Crippen LogP contribution is -2.39. The molecule has 1 aromatic rings. The van der Waals surface area contributed by atoms with Crippen LogP contribution in [0.1, 0.15) is 44.1 Å². The molecule has 1 saturated carbocycles. The van der Waals surface area contributed by atoms with Crippen LogP contribution in [0.25, 0.3) is 0 Å². The van der Waals surface area contributed by atoms with Gasteiger partial charge in [-0.2, -0.15) is 0 Å². The molecule has 2 nitrogen and oxygen atoms in total. The number of rotatable bonds is 4. The van der Waals surface area contributed by atoms with Crippen LogP contribution in [0.2, 0.25) is 0 Å². The minimum atomic E-state index is 0.209. The van der Waals surface area contributed by atoms with Gasteiger partial charge in [-0.1, -0.05) is 37.5 Å². The summed E-state index contributed by atoms with van der Waals surface area (Å²) in [5, 5.41) is 0. The Hall–Kier alpha value is -0.960. The van der Waals surface area contributed by atoms with Gasteiger partial charge in [-0.3, -0.25) is 4.79 Å². The molecule has 2 aliphatic rings. The van der Waals surface area contributed by atoms with E-state index in [2.05, 4.69) is 35.4 Å². The van der Waals surface area contributed by atoms with Crippen LogP contribution in [0, 0.1) is 5.92 Å². The van der Waals surface area contributed by atoms with E-state index in [1.807, 2.05) is 0 Å². The van der Waals surface area contributed by atoms with Crippen molar-refractivity contribution >= 4 is 17.7 Å². The molecule has 3 heteroatoms. The number of thioether (sulfide) groups is 1. The average Bonchev–Trinajstić information content (AvgIpc) is 2.90. The van der Waals surface area contributed by atoms with Crippen molar-refractivity contribution in [3.8, 4) is 0 Å². The molecule has 2 fully saturated rings. The van der Waals surface area contributed by atoms with E-state index in [9.17, 15) is 4.79 Å². The highest BCUT2D eigenvalue weighted by molar-refractivity contribution is 7.98. The first-order valence-corrected chi connectivity index (χ1v) is 9.44. The zero-order valence-electron chi connectivity index (χ0n) is 12.9. The van der Waals surface area contributed by atoms with Gasteiger partial charge in [0.2, 0.25) is 5.91 Å². The molecule has 1 amide bonds. The predicted octanol–water partition coefficient (Wildman–Crippen LogP) is 4.13. The van der Waals surface area contributed by atoms with Crippen LogP contribution in [0.3, 0.4) is 0 Å². The van der Waals surface area contributed by atoms with Gasteiger partial charge in [0.05, 0.1) is 0 Å². The highest BCUT2D eigenvalue weighted by atomic mass is 32.2. The Kier molecular flexibility index (Phi) is 4.89. The van der Waals surface area contributed by atoms with Crippen molar-refractivity contribution in [3.63, 3.8) is 0 Å². The summed E-state index contributed by atoms with van der Waals surface area (Å²) in [5.74, 6) is 0.623. The fourth-order valence-electron chi connectivity index (χ4n) is 3.84. The number of hydrogen-bond donors (Lipinski definition) is 0. The summed E-state index contributed by atoms with van der Waals surface area (Å²) in [4.78, 5) is 16.2. The molecular weight excluding hydrogens is 278 g/mol. The van der Waals surface area contributed by atoms with E-state index in [0.29, 0.717) is 11.9 Å². The Bertz CT molecular complexity index is 496. The van der Waals surface area contributed by atoms with E-state index in [1.165, 1.54) is 42.6 Å². The van der Waals surface area contributed by atoms with Gasteiger partial charge in [0, 0.05) is 23.4 Å². The Morgan fingerprint density at radius 3 is 2.67 bits per heavy atom. The maximum absolute atomic E-state index is 12.7. The van der Waals surface area contributed by atoms with Gasteiger partial charge >= 0.3 is 0 Å². The molecule has 0 N–H and O–H groups in total. The third kappa shape index (κ3) is 3.28. The zero-order valence-corrected chi connectivity index (χ0v) is 13.7. The Morgan fingerprint density at radius 1 is 1.14 bits per heavy atom. The minimum Gasteiger partial charge on any atom is -0.339 e. The van der Waals surface area contributed by atoms with E-state index in [4.69, 9.17) is 0 Å². The molecule has 1 heterocycles. The number of carbonyl (C=O) groups excluding carboxylic acids is 1. The number of nitrogens with zero attached hydrogens (tertiary/aromatic N) is 1. The number of carbonyl (C=O) groups is 1. The third-order valence-electron chi connectivity index (χ3n) is 5.03. The topological polar surface area (TPSA) is 20.3 Å². The molecule has 1 unspecified atom stereocenters. The van der Waals surface area contributed by atoms with Crippen molar-refractivity contribution in [3.05, 3.63) is 29.8 Å². The molecule has 21 heavy (non-hydrogen) atoms. The second kappa shape index (κ2) is 6.87. The lowest BCUT2D eigenvalue weighted by Gasteiger charge is -2.31. The third-order valence-corrected chi connectivity index (χ3v) is 5.86. The van der Waals surface area contributed by atoms with Crippen LogP contribution in [0.4, 0.5) is 0 Å². The SMILES string of the molecule is CSc1ccccc1CC1CCN(C2CCCCC2)C1=O. The second-order valence-corrected chi connectivity index (χ2v) is 7.17. The quantitative estimate of drug-likeness (QED) is 0.779. The summed E-state index contributed by atoms with van der Waals surface area (Å²) in [6, 6.07) is 9.06. The summed E-state index contributed by atoms with van der Waals surface area (Å²) >= 11 is 1.78. The Labute approximate surface area is 132 Å². The molecule has 1 atom stereocenters. The zero-order chi connectivity index (χ0) is 14.7. The molecule has 1 aromatic carbocycles. The maximum atomic E-state index is 12.7. The Morgan fingerprint density at radius 2 is 1.90 bits per heavy atom. The van der Waals surface area contributed by atoms with Gasteiger partial charge in [-0.25, -0.2) is 0 Å². The molecule has 1 saturated heterocycles. The molecule has 0 spiro atoms. The van der Waals surface area contributed by atoms with Gasteiger partial charge in [0.15, 0.2) is 0 Å². The van der Waals surface area contributed by atoms with E-state index >= 15 is 0 Å². The first kappa shape index (κ1) is 15.0.